The van der Waals surface area contributed by atoms with E-state index in [1.165, 1.54) is 0 Å². The second kappa shape index (κ2) is 5.17. The Morgan fingerprint density at radius 2 is 2.07 bits per heavy atom. The summed E-state index contributed by atoms with van der Waals surface area (Å²) in [6.07, 6.45) is 4.10. The largest absolute Gasteiger partial charge is 0.264 e. The highest BCUT2D eigenvalue weighted by Gasteiger charge is 2.19. The Bertz CT molecular complexity index is 319. The molecule has 3 nitrogen and oxygen atoms in total. The molecule has 1 atom stereocenters. The summed E-state index contributed by atoms with van der Waals surface area (Å²) in [4.78, 5) is 10.5. The monoisotopic (exact) mass is 191 g/mol. The molecular formula is C11H13NO2. The van der Waals surface area contributed by atoms with Gasteiger partial charge in [0.05, 0.1) is 0 Å². The number of nitro groups is 1. The fourth-order valence-corrected chi connectivity index (χ4v) is 1.28. The fraction of sp³-hybridized carbons (Fsp3) is 0.273. The SMILES string of the molecule is CC=CCC(c1ccccc1)[N+](=O)[O-]. The van der Waals surface area contributed by atoms with Crippen molar-refractivity contribution in [2.45, 2.75) is 19.4 Å². The summed E-state index contributed by atoms with van der Waals surface area (Å²) < 4.78 is 0. The quantitative estimate of drug-likeness (QED) is 0.417. The second-order valence-electron chi connectivity index (χ2n) is 3.02. The first-order valence-corrected chi connectivity index (χ1v) is 4.55. The maximum Gasteiger partial charge on any atom is 0.241 e. The van der Waals surface area contributed by atoms with E-state index in [4.69, 9.17) is 0 Å². The molecule has 0 fully saturated rings. The molecule has 1 aromatic rings. The molecule has 0 aliphatic heterocycles. The van der Waals surface area contributed by atoms with Gasteiger partial charge in [0, 0.05) is 16.9 Å². The number of hydrogen-bond donors (Lipinski definition) is 0. The molecule has 0 N–H and O–H groups in total. The van der Waals surface area contributed by atoms with Crippen LogP contribution in [0.15, 0.2) is 42.5 Å². The zero-order chi connectivity index (χ0) is 10.4. The minimum absolute atomic E-state index is 0.241. The minimum Gasteiger partial charge on any atom is -0.264 e. The van der Waals surface area contributed by atoms with E-state index in [1.807, 2.05) is 37.3 Å². The summed E-state index contributed by atoms with van der Waals surface area (Å²) in [5.41, 5.74) is 0.760. The summed E-state index contributed by atoms with van der Waals surface area (Å²) in [5.74, 6) is 0. The zero-order valence-electron chi connectivity index (χ0n) is 8.09. The lowest BCUT2D eigenvalue weighted by Crippen LogP contribution is -2.09. The molecular weight excluding hydrogens is 178 g/mol. The Hall–Kier alpha value is -1.64. The van der Waals surface area contributed by atoms with Crippen LogP contribution in [0.4, 0.5) is 0 Å². The van der Waals surface area contributed by atoms with E-state index in [9.17, 15) is 10.1 Å². The second-order valence-corrected chi connectivity index (χ2v) is 3.02. The van der Waals surface area contributed by atoms with E-state index in [-0.39, 0.29) is 4.92 Å². The van der Waals surface area contributed by atoms with Crippen molar-refractivity contribution < 1.29 is 4.92 Å². The van der Waals surface area contributed by atoms with Crippen LogP contribution in [0.3, 0.4) is 0 Å². The topological polar surface area (TPSA) is 43.1 Å². The predicted molar refractivity (Wildman–Crippen MR) is 55.6 cm³/mol. The molecule has 0 aromatic heterocycles. The smallest absolute Gasteiger partial charge is 0.241 e. The fourth-order valence-electron chi connectivity index (χ4n) is 1.28. The molecule has 74 valence electrons. The maximum absolute atomic E-state index is 10.8. The number of allylic oxidation sites excluding steroid dienone is 1. The first-order chi connectivity index (χ1) is 6.75. The molecule has 14 heavy (non-hydrogen) atoms. The first-order valence-electron chi connectivity index (χ1n) is 4.55. The van der Waals surface area contributed by atoms with Crippen LogP contribution in [0, 0.1) is 10.1 Å². The highest BCUT2D eigenvalue weighted by atomic mass is 16.6. The van der Waals surface area contributed by atoms with Crippen LogP contribution in [0.5, 0.6) is 0 Å². The standard InChI is InChI=1S/C11H13NO2/c1-2-3-9-11(12(13)14)10-7-5-4-6-8-10/h2-8,11H,9H2,1H3. The molecule has 0 heterocycles. The Morgan fingerprint density at radius 3 is 2.57 bits per heavy atom. The molecule has 0 aliphatic carbocycles. The van der Waals surface area contributed by atoms with Gasteiger partial charge in [-0.15, -0.1) is 0 Å². The van der Waals surface area contributed by atoms with Crippen LogP contribution < -0.4 is 0 Å². The van der Waals surface area contributed by atoms with Gasteiger partial charge in [0.2, 0.25) is 6.04 Å². The molecule has 1 rings (SSSR count). The third-order valence-electron chi connectivity index (χ3n) is 2.03. The lowest BCUT2D eigenvalue weighted by atomic mass is 10.0. The van der Waals surface area contributed by atoms with Crippen LogP contribution in [-0.2, 0) is 0 Å². The van der Waals surface area contributed by atoms with Gasteiger partial charge in [-0.1, -0.05) is 42.5 Å². The Morgan fingerprint density at radius 1 is 1.43 bits per heavy atom. The van der Waals surface area contributed by atoms with Gasteiger partial charge in [0.25, 0.3) is 0 Å². The first kappa shape index (κ1) is 10.4. The van der Waals surface area contributed by atoms with Gasteiger partial charge in [-0.3, -0.25) is 10.1 Å². The molecule has 0 saturated heterocycles. The Labute approximate surface area is 83.2 Å². The van der Waals surface area contributed by atoms with E-state index >= 15 is 0 Å². The molecule has 0 amide bonds. The van der Waals surface area contributed by atoms with Crippen molar-refractivity contribution in [3.63, 3.8) is 0 Å². The molecule has 0 radical (unpaired) electrons. The highest BCUT2D eigenvalue weighted by Crippen LogP contribution is 2.20. The summed E-state index contributed by atoms with van der Waals surface area (Å²) in [6, 6.07) is 8.46. The van der Waals surface area contributed by atoms with Crippen molar-refractivity contribution >= 4 is 0 Å². The minimum atomic E-state index is -0.618. The van der Waals surface area contributed by atoms with Gasteiger partial charge in [0.15, 0.2) is 0 Å². The molecule has 0 aliphatic rings. The van der Waals surface area contributed by atoms with Gasteiger partial charge in [-0.05, 0) is 6.92 Å². The van der Waals surface area contributed by atoms with Gasteiger partial charge < -0.3 is 0 Å². The van der Waals surface area contributed by atoms with E-state index in [0.29, 0.717) is 6.42 Å². The van der Waals surface area contributed by atoms with Crippen molar-refractivity contribution in [1.29, 1.82) is 0 Å². The molecule has 1 unspecified atom stereocenters. The average Bonchev–Trinajstić information content (AvgIpc) is 2.19. The Balaban J connectivity index is 2.83. The van der Waals surface area contributed by atoms with Crippen molar-refractivity contribution in [3.05, 3.63) is 58.2 Å². The maximum atomic E-state index is 10.8. The third kappa shape index (κ3) is 2.69. The van der Waals surface area contributed by atoms with Gasteiger partial charge >= 0.3 is 0 Å². The summed E-state index contributed by atoms with van der Waals surface area (Å²) in [7, 11) is 0. The highest BCUT2D eigenvalue weighted by molar-refractivity contribution is 5.17. The molecule has 3 heteroatoms. The van der Waals surface area contributed by atoms with Gasteiger partial charge in [0.1, 0.15) is 0 Å². The molecule has 1 aromatic carbocycles. The lowest BCUT2D eigenvalue weighted by Gasteiger charge is -2.06. The average molecular weight is 191 g/mol. The summed E-state index contributed by atoms with van der Waals surface area (Å²) >= 11 is 0. The Kier molecular flexibility index (Phi) is 3.85. The van der Waals surface area contributed by atoms with Crippen LogP contribution in [0.25, 0.3) is 0 Å². The van der Waals surface area contributed by atoms with E-state index in [2.05, 4.69) is 0 Å². The lowest BCUT2D eigenvalue weighted by molar-refractivity contribution is -0.528. The van der Waals surface area contributed by atoms with Crippen LogP contribution in [0.2, 0.25) is 0 Å². The van der Waals surface area contributed by atoms with Gasteiger partial charge in [-0.2, -0.15) is 0 Å². The third-order valence-corrected chi connectivity index (χ3v) is 2.03. The van der Waals surface area contributed by atoms with Crippen LogP contribution in [0.1, 0.15) is 24.9 Å². The molecule has 0 bridgehead atoms. The van der Waals surface area contributed by atoms with E-state index in [1.54, 1.807) is 12.1 Å². The van der Waals surface area contributed by atoms with Crippen LogP contribution in [-0.4, -0.2) is 4.92 Å². The van der Waals surface area contributed by atoms with Gasteiger partial charge in [-0.25, -0.2) is 0 Å². The van der Waals surface area contributed by atoms with E-state index in [0.717, 1.165) is 5.56 Å². The summed E-state index contributed by atoms with van der Waals surface area (Å²) in [5, 5.41) is 10.8. The summed E-state index contributed by atoms with van der Waals surface area (Å²) in [6.45, 7) is 1.86. The number of benzene rings is 1. The van der Waals surface area contributed by atoms with E-state index < -0.39 is 6.04 Å². The normalized spacial score (nSPS) is 12.9. The van der Waals surface area contributed by atoms with Crippen molar-refractivity contribution in [2.24, 2.45) is 0 Å². The zero-order valence-corrected chi connectivity index (χ0v) is 8.09. The van der Waals surface area contributed by atoms with Crippen molar-refractivity contribution in [1.82, 2.24) is 0 Å². The van der Waals surface area contributed by atoms with Crippen molar-refractivity contribution in [2.75, 3.05) is 0 Å². The number of rotatable bonds is 4. The predicted octanol–water partition coefficient (Wildman–Crippen LogP) is 2.97. The molecule has 0 saturated carbocycles. The van der Waals surface area contributed by atoms with Crippen LogP contribution >= 0.6 is 0 Å². The molecule has 0 spiro atoms. The van der Waals surface area contributed by atoms with Crippen molar-refractivity contribution in [3.8, 4) is 0 Å². The number of hydrogen-bond acceptors (Lipinski definition) is 2. The number of nitrogens with zero attached hydrogens (tertiary/aromatic N) is 1.